The molecule has 154 valence electrons. The molecular formula is C22H22BrN5O2. The van der Waals surface area contributed by atoms with Crippen molar-refractivity contribution < 1.29 is 9.59 Å². The summed E-state index contributed by atoms with van der Waals surface area (Å²) >= 11 is 3.43. The molecule has 0 unspecified atom stereocenters. The molecule has 1 aliphatic heterocycles. The number of rotatable bonds is 4. The van der Waals surface area contributed by atoms with Crippen LogP contribution < -0.4 is 5.32 Å². The van der Waals surface area contributed by atoms with E-state index in [1.54, 1.807) is 35.4 Å². The smallest absolute Gasteiger partial charge is 0.254 e. The lowest BCUT2D eigenvalue weighted by molar-refractivity contribution is 0.0698. The molecular weight excluding hydrogens is 446 g/mol. The Balaban J connectivity index is 1.36. The maximum atomic E-state index is 12.8. The van der Waals surface area contributed by atoms with E-state index in [2.05, 4.69) is 31.3 Å². The van der Waals surface area contributed by atoms with Crippen LogP contribution in [-0.2, 0) is 0 Å². The fourth-order valence-electron chi connectivity index (χ4n) is 3.64. The van der Waals surface area contributed by atoms with Crippen LogP contribution in [0.3, 0.4) is 0 Å². The summed E-state index contributed by atoms with van der Waals surface area (Å²) in [5, 5.41) is 7.48. The second-order valence-corrected chi connectivity index (χ2v) is 8.22. The van der Waals surface area contributed by atoms with Crippen LogP contribution in [0.2, 0.25) is 0 Å². The van der Waals surface area contributed by atoms with E-state index < -0.39 is 0 Å². The average molecular weight is 468 g/mol. The van der Waals surface area contributed by atoms with Crippen molar-refractivity contribution in [2.75, 3.05) is 13.1 Å². The van der Waals surface area contributed by atoms with E-state index in [1.165, 1.54) is 0 Å². The fourth-order valence-corrected chi connectivity index (χ4v) is 3.91. The van der Waals surface area contributed by atoms with Gasteiger partial charge in [-0.15, -0.1) is 0 Å². The third-order valence-corrected chi connectivity index (χ3v) is 5.90. The Bertz CT molecular complexity index is 1040. The average Bonchev–Trinajstić information content (AvgIpc) is 3.16. The van der Waals surface area contributed by atoms with Crippen molar-refractivity contribution in [3.8, 4) is 5.69 Å². The van der Waals surface area contributed by atoms with Crippen LogP contribution in [0.15, 0.2) is 59.5 Å². The standard InChI is InChI=1S/C22H22BrN5O2/c1-15-20(14-25-28(15)19-4-2-17(23)3-5-19)21(29)26-18-8-12-27(13-9-18)22(30)16-6-10-24-11-7-16/h2-7,10-11,14,18H,8-9,12-13H2,1H3,(H,26,29). The summed E-state index contributed by atoms with van der Waals surface area (Å²) in [7, 11) is 0. The van der Waals surface area contributed by atoms with Gasteiger partial charge >= 0.3 is 0 Å². The minimum Gasteiger partial charge on any atom is -0.349 e. The first-order chi connectivity index (χ1) is 14.5. The minimum absolute atomic E-state index is 0.00814. The van der Waals surface area contributed by atoms with Crippen molar-refractivity contribution in [2.45, 2.75) is 25.8 Å². The van der Waals surface area contributed by atoms with Crippen molar-refractivity contribution in [3.05, 3.63) is 76.3 Å². The van der Waals surface area contributed by atoms with Gasteiger partial charge in [-0.25, -0.2) is 4.68 Å². The molecule has 8 heteroatoms. The van der Waals surface area contributed by atoms with Gasteiger partial charge in [-0.05, 0) is 56.2 Å². The Hall–Kier alpha value is -3.00. The van der Waals surface area contributed by atoms with Crippen molar-refractivity contribution in [2.24, 2.45) is 0 Å². The molecule has 1 aromatic carbocycles. The predicted molar refractivity (Wildman–Crippen MR) is 117 cm³/mol. The number of nitrogens with zero attached hydrogens (tertiary/aromatic N) is 4. The summed E-state index contributed by atoms with van der Waals surface area (Å²) in [5.41, 5.74) is 2.90. The highest BCUT2D eigenvalue weighted by molar-refractivity contribution is 9.10. The van der Waals surface area contributed by atoms with Crippen molar-refractivity contribution in [1.82, 2.24) is 25.0 Å². The van der Waals surface area contributed by atoms with E-state index in [1.807, 2.05) is 36.1 Å². The first kappa shape index (κ1) is 20.3. The lowest BCUT2D eigenvalue weighted by Gasteiger charge is -2.32. The normalized spacial score (nSPS) is 14.5. The van der Waals surface area contributed by atoms with Crippen LogP contribution in [0.1, 0.15) is 39.3 Å². The SMILES string of the molecule is Cc1c(C(=O)NC2CCN(C(=O)c3ccncc3)CC2)cnn1-c1ccc(Br)cc1. The van der Waals surface area contributed by atoms with Crippen LogP contribution in [0.5, 0.6) is 0 Å². The fraction of sp³-hybridized carbons (Fsp3) is 0.273. The van der Waals surface area contributed by atoms with E-state index in [-0.39, 0.29) is 17.9 Å². The number of hydrogen-bond donors (Lipinski definition) is 1. The molecule has 3 aromatic rings. The van der Waals surface area contributed by atoms with Crippen LogP contribution >= 0.6 is 15.9 Å². The van der Waals surface area contributed by atoms with Crippen molar-refractivity contribution in [1.29, 1.82) is 0 Å². The zero-order valence-electron chi connectivity index (χ0n) is 16.6. The van der Waals surface area contributed by atoms with Crippen LogP contribution in [0.25, 0.3) is 5.69 Å². The summed E-state index contributed by atoms with van der Waals surface area (Å²) in [4.78, 5) is 31.1. The van der Waals surface area contributed by atoms with Gasteiger partial charge in [0.1, 0.15) is 0 Å². The third-order valence-electron chi connectivity index (χ3n) is 5.37. The second-order valence-electron chi connectivity index (χ2n) is 7.31. The number of aromatic nitrogens is 3. The Morgan fingerprint density at radius 3 is 2.40 bits per heavy atom. The third kappa shape index (κ3) is 4.28. The molecule has 30 heavy (non-hydrogen) atoms. The van der Waals surface area contributed by atoms with E-state index in [0.717, 1.165) is 28.7 Å². The molecule has 1 saturated heterocycles. The van der Waals surface area contributed by atoms with Crippen LogP contribution in [0.4, 0.5) is 0 Å². The van der Waals surface area contributed by atoms with Crippen molar-refractivity contribution >= 4 is 27.7 Å². The largest absolute Gasteiger partial charge is 0.349 e. The lowest BCUT2D eigenvalue weighted by atomic mass is 10.0. The summed E-state index contributed by atoms with van der Waals surface area (Å²) in [6.07, 6.45) is 6.30. The number of halogens is 1. The molecule has 0 bridgehead atoms. The van der Waals surface area contributed by atoms with Gasteiger partial charge in [-0.2, -0.15) is 5.10 Å². The molecule has 0 atom stereocenters. The number of carbonyl (C=O) groups excluding carboxylic acids is 2. The van der Waals surface area contributed by atoms with Gasteiger partial charge in [0.25, 0.3) is 11.8 Å². The summed E-state index contributed by atoms with van der Waals surface area (Å²) in [5.74, 6) is -0.122. The molecule has 0 saturated carbocycles. The molecule has 0 aliphatic carbocycles. The Labute approximate surface area is 183 Å². The highest BCUT2D eigenvalue weighted by atomic mass is 79.9. The zero-order chi connectivity index (χ0) is 21.1. The first-order valence-corrected chi connectivity index (χ1v) is 10.6. The predicted octanol–water partition coefficient (Wildman–Crippen LogP) is 3.37. The monoisotopic (exact) mass is 467 g/mol. The number of likely N-dealkylation sites (tertiary alicyclic amines) is 1. The number of nitrogens with one attached hydrogen (secondary N) is 1. The number of amides is 2. The van der Waals surface area contributed by atoms with Gasteiger partial charge in [0.2, 0.25) is 0 Å². The zero-order valence-corrected chi connectivity index (χ0v) is 18.2. The van der Waals surface area contributed by atoms with Gasteiger partial charge < -0.3 is 10.2 Å². The quantitative estimate of drug-likeness (QED) is 0.637. The molecule has 1 aliphatic rings. The Kier molecular flexibility index (Phi) is 5.94. The topological polar surface area (TPSA) is 80.1 Å². The second kappa shape index (κ2) is 8.79. The molecule has 2 amide bonds. The highest BCUT2D eigenvalue weighted by Crippen LogP contribution is 2.19. The van der Waals surface area contributed by atoms with Crippen LogP contribution in [0, 0.1) is 6.92 Å². The van der Waals surface area contributed by atoms with E-state index in [4.69, 9.17) is 0 Å². The number of carbonyl (C=O) groups is 2. The molecule has 2 aromatic heterocycles. The molecule has 1 fully saturated rings. The summed E-state index contributed by atoms with van der Waals surface area (Å²) < 4.78 is 2.75. The Morgan fingerprint density at radius 1 is 1.07 bits per heavy atom. The van der Waals surface area contributed by atoms with E-state index in [0.29, 0.717) is 24.2 Å². The van der Waals surface area contributed by atoms with Crippen molar-refractivity contribution in [3.63, 3.8) is 0 Å². The molecule has 7 nitrogen and oxygen atoms in total. The minimum atomic E-state index is -0.130. The lowest BCUT2D eigenvalue weighted by Crippen LogP contribution is -2.46. The molecule has 1 N–H and O–H groups in total. The van der Waals surface area contributed by atoms with Gasteiger partial charge in [-0.3, -0.25) is 14.6 Å². The maximum Gasteiger partial charge on any atom is 0.254 e. The van der Waals surface area contributed by atoms with E-state index >= 15 is 0 Å². The van der Waals surface area contributed by atoms with E-state index in [9.17, 15) is 9.59 Å². The summed E-state index contributed by atoms with van der Waals surface area (Å²) in [6, 6.07) is 11.3. The van der Waals surface area contributed by atoms with Gasteiger partial charge in [0, 0.05) is 41.6 Å². The maximum absolute atomic E-state index is 12.8. The molecule has 3 heterocycles. The number of pyridine rings is 1. The Morgan fingerprint density at radius 2 is 1.73 bits per heavy atom. The van der Waals surface area contributed by atoms with Crippen LogP contribution in [-0.4, -0.2) is 50.6 Å². The number of benzene rings is 1. The molecule has 0 radical (unpaired) electrons. The number of hydrogen-bond acceptors (Lipinski definition) is 4. The first-order valence-electron chi connectivity index (χ1n) is 9.83. The molecule has 0 spiro atoms. The number of piperidine rings is 1. The van der Waals surface area contributed by atoms with Gasteiger partial charge in [-0.1, -0.05) is 15.9 Å². The highest BCUT2D eigenvalue weighted by Gasteiger charge is 2.26. The van der Waals surface area contributed by atoms with Gasteiger partial charge in [0.15, 0.2) is 0 Å². The summed E-state index contributed by atoms with van der Waals surface area (Å²) in [6.45, 7) is 3.12. The van der Waals surface area contributed by atoms with Gasteiger partial charge in [0.05, 0.1) is 23.1 Å². The molecule has 4 rings (SSSR count).